The van der Waals surface area contributed by atoms with E-state index in [0.717, 1.165) is 0 Å². The van der Waals surface area contributed by atoms with Crippen LogP contribution >= 0.6 is 11.6 Å². The van der Waals surface area contributed by atoms with Crippen molar-refractivity contribution in [3.8, 4) is 23.3 Å². The van der Waals surface area contributed by atoms with Crippen molar-refractivity contribution >= 4 is 29.5 Å². The molecule has 0 saturated carbocycles. The molecule has 8 nitrogen and oxygen atoms in total. The van der Waals surface area contributed by atoms with Crippen LogP contribution in [0.15, 0.2) is 42.5 Å². The van der Waals surface area contributed by atoms with E-state index < -0.39 is 11.8 Å². The number of hydrogen-bond acceptors (Lipinski definition) is 6. The lowest BCUT2D eigenvalue weighted by molar-refractivity contribution is -0.128. The van der Waals surface area contributed by atoms with Crippen LogP contribution in [0.1, 0.15) is 11.1 Å². The smallest absolute Gasteiger partial charge is 0.276 e. The van der Waals surface area contributed by atoms with Crippen LogP contribution in [-0.2, 0) is 9.59 Å². The number of ether oxygens (including phenoxy) is 3. The number of rotatable bonds is 7. The Bertz CT molecular complexity index is 952. The van der Waals surface area contributed by atoms with Crippen molar-refractivity contribution in [1.29, 1.82) is 5.26 Å². The quantitative estimate of drug-likeness (QED) is 0.531. The van der Waals surface area contributed by atoms with Crippen LogP contribution in [0.5, 0.6) is 17.2 Å². The van der Waals surface area contributed by atoms with E-state index in [4.69, 9.17) is 31.1 Å². The second-order valence-corrected chi connectivity index (χ2v) is 5.94. The molecule has 0 bridgehead atoms. The molecule has 150 valence electrons. The highest BCUT2D eigenvalue weighted by atomic mass is 35.5. The Kier molecular flexibility index (Phi) is 7.88. The molecule has 0 fully saturated rings. The van der Waals surface area contributed by atoms with Gasteiger partial charge in [-0.15, -0.1) is 0 Å². The fourth-order valence-electron chi connectivity index (χ4n) is 2.19. The van der Waals surface area contributed by atoms with Gasteiger partial charge in [-0.3, -0.25) is 20.4 Å². The van der Waals surface area contributed by atoms with Crippen LogP contribution in [0, 0.1) is 11.3 Å². The van der Waals surface area contributed by atoms with Gasteiger partial charge in [0.25, 0.3) is 11.8 Å². The third kappa shape index (κ3) is 6.45. The molecular formula is C20H18ClN3O5. The molecule has 2 rings (SSSR count). The van der Waals surface area contributed by atoms with Gasteiger partial charge >= 0.3 is 0 Å². The van der Waals surface area contributed by atoms with E-state index in [2.05, 4.69) is 10.9 Å². The summed E-state index contributed by atoms with van der Waals surface area (Å²) in [6.07, 6.45) is 2.72. The summed E-state index contributed by atoms with van der Waals surface area (Å²) in [5, 5.41) is 9.06. The van der Waals surface area contributed by atoms with Crippen molar-refractivity contribution < 1.29 is 23.8 Å². The molecule has 0 radical (unpaired) electrons. The number of carbonyl (C=O) groups is 2. The summed E-state index contributed by atoms with van der Waals surface area (Å²) in [5.74, 6) is 0.141. The zero-order valence-corrected chi connectivity index (χ0v) is 16.4. The fraction of sp³-hybridized carbons (Fsp3) is 0.150. The molecule has 2 amide bonds. The predicted molar refractivity (Wildman–Crippen MR) is 107 cm³/mol. The first-order valence-corrected chi connectivity index (χ1v) is 8.66. The van der Waals surface area contributed by atoms with E-state index in [1.54, 1.807) is 36.4 Å². The molecule has 0 saturated heterocycles. The van der Waals surface area contributed by atoms with E-state index in [1.807, 2.05) is 6.07 Å². The van der Waals surface area contributed by atoms with Crippen molar-refractivity contribution in [2.24, 2.45) is 0 Å². The lowest BCUT2D eigenvalue weighted by Gasteiger charge is -2.10. The minimum atomic E-state index is -0.553. The Balaban J connectivity index is 1.83. The second kappa shape index (κ2) is 10.6. The van der Waals surface area contributed by atoms with Gasteiger partial charge < -0.3 is 14.2 Å². The first kappa shape index (κ1) is 21.6. The van der Waals surface area contributed by atoms with Crippen molar-refractivity contribution in [2.75, 3.05) is 20.8 Å². The fourth-order valence-corrected chi connectivity index (χ4v) is 2.49. The molecule has 0 aliphatic carbocycles. The lowest BCUT2D eigenvalue weighted by Crippen LogP contribution is -2.43. The van der Waals surface area contributed by atoms with Gasteiger partial charge in [-0.05, 0) is 48.0 Å². The van der Waals surface area contributed by atoms with Gasteiger partial charge in [-0.2, -0.15) is 5.26 Å². The summed E-state index contributed by atoms with van der Waals surface area (Å²) >= 11 is 6.11. The average Bonchev–Trinajstić information content (AvgIpc) is 2.74. The maximum absolute atomic E-state index is 11.9. The summed E-state index contributed by atoms with van der Waals surface area (Å²) < 4.78 is 15.6. The number of nitrogens with zero attached hydrogens (tertiary/aromatic N) is 1. The predicted octanol–water partition coefficient (Wildman–Crippen LogP) is 2.47. The molecular weight excluding hydrogens is 398 g/mol. The van der Waals surface area contributed by atoms with Gasteiger partial charge in [0.15, 0.2) is 18.1 Å². The molecule has 0 heterocycles. The van der Waals surface area contributed by atoms with Crippen LogP contribution in [0.3, 0.4) is 0 Å². The monoisotopic (exact) mass is 415 g/mol. The number of methoxy groups -OCH3 is 2. The Morgan fingerprint density at radius 2 is 1.86 bits per heavy atom. The van der Waals surface area contributed by atoms with E-state index in [9.17, 15) is 9.59 Å². The van der Waals surface area contributed by atoms with Gasteiger partial charge in [0, 0.05) is 6.08 Å². The van der Waals surface area contributed by atoms with Crippen molar-refractivity contribution in [1.82, 2.24) is 10.9 Å². The molecule has 0 spiro atoms. The van der Waals surface area contributed by atoms with E-state index in [0.29, 0.717) is 33.4 Å². The molecule has 2 N–H and O–H groups in total. The molecule has 0 aromatic heterocycles. The summed E-state index contributed by atoms with van der Waals surface area (Å²) in [7, 11) is 2.95. The van der Waals surface area contributed by atoms with Crippen LogP contribution < -0.4 is 25.1 Å². The highest BCUT2D eigenvalue weighted by molar-refractivity contribution is 6.32. The van der Waals surface area contributed by atoms with Crippen molar-refractivity contribution in [3.05, 3.63) is 58.6 Å². The van der Waals surface area contributed by atoms with Gasteiger partial charge in [-0.25, -0.2) is 0 Å². The van der Waals surface area contributed by atoms with Crippen LogP contribution in [-0.4, -0.2) is 32.6 Å². The maximum atomic E-state index is 11.9. The minimum Gasteiger partial charge on any atom is -0.493 e. The summed E-state index contributed by atoms with van der Waals surface area (Å²) in [6.45, 7) is -0.304. The highest BCUT2D eigenvalue weighted by Crippen LogP contribution is 2.36. The molecule has 0 aliphatic heterocycles. The normalized spacial score (nSPS) is 10.1. The molecule has 9 heteroatoms. The number of hydrogen-bond donors (Lipinski definition) is 2. The third-order valence-electron chi connectivity index (χ3n) is 3.56. The van der Waals surface area contributed by atoms with E-state index in [1.165, 1.54) is 26.4 Å². The van der Waals surface area contributed by atoms with Crippen LogP contribution in [0.25, 0.3) is 6.08 Å². The van der Waals surface area contributed by atoms with Crippen molar-refractivity contribution in [3.63, 3.8) is 0 Å². The molecule has 2 aromatic carbocycles. The van der Waals surface area contributed by atoms with E-state index >= 15 is 0 Å². The molecule has 0 aliphatic rings. The number of carbonyl (C=O) groups excluding carboxylic acids is 2. The summed E-state index contributed by atoms with van der Waals surface area (Å²) in [5.41, 5.74) is 5.55. The molecule has 29 heavy (non-hydrogen) atoms. The Hall–Kier alpha value is -3.70. The zero-order valence-electron chi connectivity index (χ0n) is 15.7. The first-order chi connectivity index (χ1) is 14.0. The minimum absolute atomic E-state index is 0.304. The highest BCUT2D eigenvalue weighted by Gasteiger charge is 2.10. The number of amides is 2. The lowest BCUT2D eigenvalue weighted by atomic mass is 10.2. The Labute approximate surface area is 172 Å². The van der Waals surface area contributed by atoms with Crippen LogP contribution in [0.2, 0.25) is 5.02 Å². The summed E-state index contributed by atoms with van der Waals surface area (Å²) in [4.78, 5) is 23.6. The van der Waals surface area contributed by atoms with Gasteiger partial charge in [-0.1, -0.05) is 11.6 Å². The Morgan fingerprint density at radius 1 is 1.14 bits per heavy atom. The average molecular weight is 416 g/mol. The Morgan fingerprint density at radius 3 is 2.48 bits per heavy atom. The number of hydrazine groups is 1. The van der Waals surface area contributed by atoms with Gasteiger partial charge in [0.1, 0.15) is 5.75 Å². The SMILES string of the molecule is COc1cc(/C=C/C(=O)NNC(=O)COc2ccc(C#N)cc2)cc(Cl)c1OC. The van der Waals surface area contributed by atoms with Gasteiger partial charge in [0.2, 0.25) is 0 Å². The number of nitriles is 1. The number of halogens is 1. The maximum Gasteiger partial charge on any atom is 0.276 e. The largest absolute Gasteiger partial charge is 0.493 e. The summed E-state index contributed by atoms with van der Waals surface area (Å²) in [6, 6.07) is 11.5. The topological polar surface area (TPSA) is 110 Å². The third-order valence-corrected chi connectivity index (χ3v) is 3.84. The number of nitrogens with one attached hydrogen (secondary N) is 2. The zero-order chi connectivity index (χ0) is 21.2. The standard InChI is InChI=1S/C20H18ClN3O5/c1-27-17-10-14(9-16(21)20(17)28-2)5-8-18(25)23-24-19(26)12-29-15-6-3-13(11-22)4-7-15/h3-10H,12H2,1-2H3,(H,23,25)(H,24,26)/b8-5+. The second-order valence-electron chi connectivity index (χ2n) is 5.53. The van der Waals surface area contributed by atoms with Crippen molar-refractivity contribution in [2.45, 2.75) is 0 Å². The first-order valence-electron chi connectivity index (χ1n) is 8.28. The van der Waals surface area contributed by atoms with Crippen LogP contribution in [0.4, 0.5) is 0 Å². The van der Waals surface area contributed by atoms with E-state index in [-0.39, 0.29) is 6.61 Å². The molecule has 0 atom stereocenters. The van der Waals surface area contributed by atoms with Gasteiger partial charge in [0.05, 0.1) is 30.9 Å². The molecule has 2 aromatic rings. The number of benzene rings is 2. The molecule has 0 unspecified atom stereocenters.